The smallest absolute Gasteiger partial charge is 0.324 e. The van der Waals surface area contributed by atoms with Gasteiger partial charge in [-0.2, -0.15) is 0 Å². The van der Waals surface area contributed by atoms with E-state index >= 15 is 0 Å². The molecule has 1 saturated carbocycles. The van der Waals surface area contributed by atoms with Crippen molar-refractivity contribution in [2.45, 2.75) is 31.7 Å². The van der Waals surface area contributed by atoms with Crippen LogP contribution in [0.25, 0.3) is 0 Å². The van der Waals surface area contributed by atoms with Gasteiger partial charge in [0.2, 0.25) is 0 Å². The van der Waals surface area contributed by atoms with Crippen molar-refractivity contribution in [2.75, 3.05) is 26.3 Å². The normalized spacial score (nSPS) is 38.1. The van der Waals surface area contributed by atoms with Crippen LogP contribution in [0.2, 0.25) is 0 Å². The standard InChI is InChI=1S/C11H19NO3/c1-9-3-2-4-11(9,10(13)14)12-5-7-15-8-6-12/h9H,2-8H2,1H3,(H,13,14). The summed E-state index contributed by atoms with van der Waals surface area (Å²) in [6, 6.07) is 0. The molecule has 0 spiro atoms. The van der Waals surface area contributed by atoms with E-state index in [1.165, 1.54) is 0 Å². The number of hydrogen-bond donors (Lipinski definition) is 1. The fraction of sp³-hybridized carbons (Fsp3) is 0.909. The zero-order valence-electron chi connectivity index (χ0n) is 9.24. The first-order chi connectivity index (χ1) is 7.18. The molecular weight excluding hydrogens is 194 g/mol. The van der Waals surface area contributed by atoms with Gasteiger partial charge in [0, 0.05) is 13.1 Å². The molecule has 2 unspecified atom stereocenters. The Labute approximate surface area is 90.2 Å². The highest BCUT2D eigenvalue weighted by Gasteiger charge is 2.51. The van der Waals surface area contributed by atoms with Crippen LogP contribution in [0.15, 0.2) is 0 Å². The Morgan fingerprint density at radius 2 is 2.13 bits per heavy atom. The van der Waals surface area contributed by atoms with Crippen molar-refractivity contribution in [2.24, 2.45) is 5.92 Å². The Balaban J connectivity index is 2.21. The van der Waals surface area contributed by atoms with E-state index in [1.54, 1.807) is 0 Å². The van der Waals surface area contributed by atoms with E-state index in [0.717, 1.165) is 32.4 Å². The molecule has 0 aromatic rings. The van der Waals surface area contributed by atoms with Gasteiger partial charge in [0.05, 0.1) is 13.2 Å². The lowest BCUT2D eigenvalue weighted by Crippen LogP contribution is -2.59. The van der Waals surface area contributed by atoms with Crippen LogP contribution < -0.4 is 0 Å². The zero-order valence-corrected chi connectivity index (χ0v) is 9.24. The number of carboxylic acids is 1. The molecule has 1 heterocycles. The van der Waals surface area contributed by atoms with E-state index < -0.39 is 11.5 Å². The molecule has 2 fully saturated rings. The predicted molar refractivity (Wildman–Crippen MR) is 55.8 cm³/mol. The van der Waals surface area contributed by atoms with Crippen LogP contribution in [0, 0.1) is 5.92 Å². The number of hydrogen-bond acceptors (Lipinski definition) is 3. The van der Waals surface area contributed by atoms with Gasteiger partial charge in [-0.05, 0) is 18.8 Å². The van der Waals surface area contributed by atoms with E-state index in [2.05, 4.69) is 11.8 Å². The van der Waals surface area contributed by atoms with Crippen LogP contribution in [0.4, 0.5) is 0 Å². The second-order valence-corrected chi connectivity index (χ2v) is 4.62. The first kappa shape index (κ1) is 10.9. The predicted octanol–water partition coefficient (Wildman–Crippen LogP) is 0.962. The van der Waals surface area contributed by atoms with Gasteiger partial charge in [0.15, 0.2) is 0 Å². The molecule has 1 N–H and O–H groups in total. The molecule has 1 saturated heterocycles. The molecule has 0 amide bonds. The fourth-order valence-corrected chi connectivity index (χ4v) is 3.05. The first-order valence-electron chi connectivity index (χ1n) is 5.74. The molecule has 4 heteroatoms. The zero-order chi connectivity index (χ0) is 10.9. The average molecular weight is 213 g/mol. The summed E-state index contributed by atoms with van der Waals surface area (Å²) in [6.45, 7) is 4.92. The molecule has 15 heavy (non-hydrogen) atoms. The molecule has 1 aliphatic carbocycles. The number of ether oxygens (including phenoxy) is 1. The van der Waals surface area contributed by atoms with E-state index in [4.69, 9.17) is 4.74 Å². The maximum atomic E-state index is 11.6. The lowest BCUT2D eigenvalue weighted by atomic mass is 9.86. The lowest BCUT2D eigenvalue weighted by Gasteiger charge is -2.42. The Morgan fingerprint density at radius 3 is 2.60 bits per heavy atom. The van der Waals surface area contributed by atoms with Crippen LogP contribution in [0.3, 0.4) is 0 Å². The van der Waals surface area contributed by atoms with Gasteiger partial charge in [-0.3, -0.25) is 9.69 Å². The molecule has 1 aliphatic heterocycles. The number of carboxylic acid groups (broad SMARTS) is 1. The van der Waals surface area contributed by atoms with Crippen molar-refractivity contribution in [1.82, 2.24) is 4.90 Å². The van der Waals surface area contributed by atoms with E-state index in [0.29, 0.717) is 13.2 Å². The van der Waals surface area contributed by atoms with Crippen molar-refractivity contribution < 1.29 is 14.6 Å². The summed E-state index contributed by atoms with van der Waals surface area (Å²) < 4.78 is 5.28. The van der Waals surface area contributed by atoms with Gasteiger partial charge in [-0.15, -0.1) is 0 Å². The third kappa shape index (κ3) is 1.66. The Hall–Kier alpha value is -0.610. The van der Waals surface area contributed by atoms with E-state index in [1.807, 2.05) is 0 Å². The molecule has 4 nitrogen and oxygen atoms in total. The maximum absolute atomic E-state index is 11.6. The molecule has 86 valence electrons. The lowest BCUT2D eigenvalue weighted by molar-refractivity contribution is -0.157. The van der Waals surface area contributed by atoms with Crippen molar-refractivity contribution in [3.05, 3.63) is 0 Å². The van der Waals surface area contributed by atoms with Crippen LogP contribution in [-0.4, -0.2) is 47.8 Å². The minimum absolute atomic E-state index is 0.257. The topological polar surface area (TPSA) is 49.8 Å². The third-order valence-electron chi connectivity index (χ3n) is 3.96. The molecule has 2 rings (SSSR count). The van der Waals surface area contributed by atoms with E-state index in [-0.39, 0.29) is 5.92 Å². The summed E-state index contributed by atoms with van der Waals surface area (Å²) in [5.74, 6) is -0.387. The van der Waals surface area contributed by atoms with Gasteiger partial charge in [-0.25, -0.2) is 0 Å². The molecule has 0 radical (unpaired) electrons. The van der Waals surface area contributed by atoms with Gasteiger partial charge in [0.25, 0.3) is 0 Å². The Bertz CT molecular complexity index is 250. The summed E-state index contributed by atoms with van der Waals surface area (Å²) in [6.07, 6.45) is 2.86. The molecule has 2 atom stereocenters. The third-order valence-corrected chi connectivity index (χ3v) is 3.96. The number of rotatable bonds is 2. The number of carbonyl (C=O) groups is 1. The van der Waals surface area contributed by atoms with Crippen LogP contribution >= 0.6 is 0 Å². The van der Waals surface area contributed by atoms with Crippen molar-refractivity contribution >= 4 is 5.97 Å². The summed E-state index contributed by atoms with van der Waals surface area (Å²) in [5.41, 5.74) is -0.607. The Morgan fingerprint density at radius 1 is 1.47 bits per heavy atom. The average Bonchev–Trinajstić information content (AvgIpc) is 2.62. The fourth-order valence-electron chi connectivity index (χ4n) is 3.05. The quantitative estimate of drug-likeness (QED) is 0.742. The van der Waals surface area contributed by atoms with Crippen molar-refractivity contribution in [3.8, 4) is 0 Å². The second kappa shape index (κ2) is 4.10. The molecular formula is C11H19NO3. The maximum Gasteiger partial charge on any atom is 0.324 e. The van der Waals surface area contributed by atoms with Crippen molar-refractivity contribution in [3.63, 3.8) is 0 Å². The van der Waals surface area contributed by atoms with Crippen LogP contribution in [0.1, 0.15) is 26.2 Å². The van der Waals surface area contributed by atoms with Gasteiger partial charge in [-0.1, -0.05) is 13.3 Å². The van der Waals surface area contributed by atoms with Gasteiger partial charge >= 0.3 is 5.97 Å². The first-order valence-corrected chi connectivity index (χ1v) is 5.74. The monoisotopic (exact) mass is 213 g/mol. The largest absolute Gasteiger partial charge is 0.480 e. The summed E-state index contributed by atoms with van der Waals surface area (Å²) >= 11 is 0. The number of aliphatic carboxylic acids is 1. The molecule has 0 aromatic carbocycles. The Kier molecular flexibility index (Phi) is 2.98. The molecule has 2 aliphatic rings. The highest BCUT2D eigenvalue weighted by molar-refractivity contribution is 5.79. The number of morpholine rings is 1. The second-order valence-electron chi connectivity index (χ2n) is 4.62. The van der Waals surface area contributed by atoms with Crippen LogP contribution in [0.5, 0.6) is 0 Å². The number of nitrogens with zero attached hydrogens (tertiary/aromatic N) is 1. The minimum atomic E-state index is -0.644. The molecule has 0 aromatic heterocycles. The highest BCUT2D eigenvalue weighted by atomic mass is 16.5. The van der Waals surface area contributed by atoms with E-state index in [9.17, 15) is 9.90 Å². The molecule has 0 bridgehead atoms. The summed E-state index contributed by atoms with van der Waals surface area (Å²) in [7, 11) is 0. The summed E-state index contributed by atoms with van der Waals surface area (Å²) in [5, 5.41) is 9.50. The van der Waals surface area contributed by atoms with Crippen LogP contribution in [-0.2, 0) is 9.53 Å². The highest BCUT2D eigenvalue weighted by Crippen LogP contribution is 2.40. The SMILES string of the molecule is CC1CCCC1(C(=O)O)N1CCOCC1. The van der Waals surface area contributed by atoms with Crippen molar-refractivity contribution in [1.29, 1.82) is 0 Å². The van der Waals surface area contributed by atoms with Gasteiger partial charge < -0.3 is 9.84 Å². The summed E-state index contributed by atoms with van der Waals surface area (Å²) in [4.78, 5) is 13.7. The van der Waals surface area contributed by atoms with Gasteiger partial charge in [0.1, 0.15) is 5.54 Å². The minimum Gasteiger partial charge on any atom is -0.480 e.